The lowest BCUT2D eigenvalue weighted by molar-refractivity contribution is 0.0624. The maximum absolute atomic E-state index is 12.1. The molecule has 2 N–H and O–H groups in total. The molecule has 0 aromatic carbocycles. The van der Waals surface area contributed by atoms with Gasteiger partial charge in [-0.05, 0) is 109 Å². The highest BCUT2D eigenvalue weighted by molar-refractivity contribution is 5.84. The molecular weight excluding hydrogens is 544 g/mol. The summed E-state index contributed by atoms with van der Waals surface area (Å²) in [4.78, 5) is 42.9. The predicted molar refractivity (Wildman–Crippen MR) is 167 cm³/mol. The first-order valence-corrected chi connectivity index (χ1v) is 14.2. The molecular formula is C33H38N6O4. The molecule has 0 saturated carbocycles. The Bertz CT molecular complexity index is 1460. The van der Waals surface area contributed by atoms with Gasteiger partial charge in [-0.25, -0.2) is 19.6 Å². The fourth-order valence-corrected chi connectivity index (χ4v) is 4.08. The molecule has 0 aliphatic heterocycles. The van der Waals surface area contributed by atoms with Gasteiger partial charge in [-0.1, -0.05) is 24.3 Å². The quantitative estimate of drug-likeness (QED) is 0.219. The van der Waals surface area contributed by atoms with E-state index in [0.717, 1.165) is 42.0 Å². The van der Waals surface area contributed by atoms with Crippen LogP contribution in [0.4, 0.5) is 21.2 Å². The molecule has 0 bridgehead atoms. The number of hydrogen-bond acceptors (Lipinski definition) is 8. The molecule has 0 fully saturated rings. The molecule has 4 heterocycles. The molecule has 4 aromatic rings. The van der Waals surface area contributed by atoms with Crippen molar-refractivity contribution >= 4 is 23.8 Å². The van der Waals surface area contributed by atoms with Gasteiger partial charge >= 0.3 is 12.2 Å². The number of carbonyl (C=O) groups excluding carboxylic acids is 2. The molecule has 224 valence electrons. The number of carbonyl (C=O) groups is 2. The second-order valence-electron chi connectivity index (χ2n) is 12.0. The van der Waals surface area contributed by atoms with E-state index in [-0.39, 0.29) is 0 Å². The van der Waals surface area contributed by atoms with E-state index < -0.39 is 23.4 Å². The number of nitrogens with zero attached hydrogens (tertiary/aromatic N) is 4. The van der Waals surface area contributed by atoms with Crippen LogP contribution >= 0.6 is 0 Å². The average molecular weight is 583 g/mol. The second kappa shape index (κ2) is 13.4. The van der Waals surface area contributed by atoms with Gasteiger partial charge in [0.15, 0.2) is 0 Å². The Labute approximate surface area is 252 Å². The van der Waals surface area contributed by atoms with Gasteiger partial charge in [0.2, 0.25) is 0 Å². The largest absolute Gasteiger partial charge is 0.444 e. The molecule has 43 heavy (non-hydrogen) atoms. The summed E-state index contributed by atoms with van der Waals surface area (Å²) in [5.41, 5.74) is 3.41. The van der Waals surface area contributed by atoms with Gasteiger partial charge < -0.3 is 9.47 Å². The topological polar surface area (TPSA) is 128 Å². The predicted octanol–water partition coefficient (Wildman–Crippen LogP) is 7.47. The van der Waals surface area contributed by atoms with Gasteiger partial charge in [0.1, 0.15) is 22.8 Å². The van der Waals surface area contributed by atoms with E-state index >= 15 is 0 Å². The van der Waals surface area contributed by atoms with Crippen molar-refractivity contribution in [2.45, 2.75) is 72.0 Å². The lowest BCUT2D eigenvalue weighted by Crippen LogP contribution is -2.27. The van der Waals surface area contributed by atoms with Gasteiger partial charge in [-0.15, -0.1) is 0 Å². The lowest BCUT2D eigenvalue weighted by Gasteiger charge is -2.19. The van der Waals surface area contributed by atoms with Crippen LogP contribution in [0.5, 0.6) is 0 Å². The third-order valence-electron chi connectivity index (χ3n) is 5.76. The molecule has 10 nitrogen and oxygen atoms in total. The van der Waals surface area contributed by atoms with Gasteiger partial charge in [0.25, 0.3) is 0 Å². The van der Waals surface area contributed by atoms with Gasteiger partial charge in [0, 0.05) is 11.4 Å². The smallest absolute Gasteiger partial charge is 0.413 e. The van der Waals surface area contributed by atoms with Crippen molar-refractivity contribution in [1.29, 1.82) is 0 Å². The zero-order valence-electron chi connectivity index (χ0n) is 25.5. The first kappa shape index (κ1) is 31.1. The Morgan fingerprint density at radius 3 is 1.28 bits per heavy atom. The molecule has 0 aliphatic rings. The van der Waals surface area contributed by atoms with Crippen LogP contribution in [0.1, 0.15) is 59.4 Å². The van der Waals surface area contributed by atoms with Gasteiger partial charge in [-0.2, -0.15) is 0 Å². The van der Waals surface area contributed by atoms with Crippen molar-refractivity contribution in [1.82, 2.24) is 19.9 Å². The zero-order chi connectivity index (χ0) is 31.0. The van der Waals surface area contributed by atoms with E-state index in [9.17, 15) is 9.59 Å². The monoisotopic (exact) mass is 582 g/mol. The molecule has 0 unspecified atom stereocenters. The number of pyridine rings is 4. The van der Waals surface area contributed by atoms with Crippen molar-refractivity contribution in [2.24, 2.45) is 0 Å². The Morgan fingerprint density at radius 2 is 0.907 bits per heavy atom. The van der Waals surface area contributed by atoms with Crippen LogP contribution in [0.3, 0.4) is 0 Å². The van der Waals surface area contributed by atoms with E-state index in [2.05, 4.69) is 20.6 Å². The normalized spacial score (nSPS) is 11.5. The minimum absolute atomic E-state index is 0.394. The third kappa shape index (κ3) is 10.2. The molecule has 0 spiro atoms. The summed E-state index contributed by atoms with van der Waals surface area (Å²) in [5, 5.41) is 5.35. The van der Waals surface area contributed by atoms with E-state index in [4.69, 9.17) is 19.4 Å². The number of aryl methyl sites for hydroxylation is 2. The Hall–Kier alpha value is -4.86. The molecule has 4 aromatic heterocycles. The van der Waals surface area contributed by atoms with Crippen molar-refractivity contribution in [3.05, 3.63) is 84.2 Å². The highest BCUT2D eigenvalue weighted by Crippen LogP contribution is 2.21. The summed E-state index contributed by atoms with van der Waals surface area (Å²) >= 11 is 0. The van der Waals surface area contributed by atoms with E-state index in [0.29, 0.717) is 23.0 Å². The number of hydrogen-bond donors (Lipinski definition) is 2. The fraction of sp³-hybridized carbons (Fsp3) is 0.333. The van der Waals surface area contributed by atoms with Crippen molar-refractivity contribution in [3.8, 4) is 22.8 Å². The maximum atomic E-state index is 12.1. The molecule has 0 radical (unpaired) electrons. The number of rotatable bonds is 8. The van der Waals surface area contributed by atoms with Crippen LogP contribution in [0, 0.1) is 0 Å². The number of anilines is 2. The summed E-state index contributed by atoms with van der Waals surface area (Å²) < 4.78 is 10.6. The summed E-state index contributed by atoms with van der Waals surface area (Å²) in [6.07, 6.45) is 1.23. The van der Waals surface area contributed by atoms with E-state index in [1.807, 2.05) is 102 Å². The molecule has 2 amide bonds. The number of ether oxygens (including phenoxy) is 2. The first-order chi connectivity index (χ1) is 20.3. The second-order valence-corrected chi connectivity index (χ2v) is 12.0. The fourth-order valence-electron chi connectivity index (χ4n) is 4.08. The summed E-state index contributed by atoms with van der Waals surface area (Å²) in [6.45, 7) is 10.8. The SMILES string of the molecule is CC(C)(C)OC(=O)Nc1cccc(-c2cccc(CCCc3cccc(-c4cccc(NC(=O)OC(C)(C)C)n4)n3)n2)n1. The third-order valence-corrected chi connectivity index (χ3v) is 5.76. The van der Waals surface area contributed by atoms with Crippen LogP contribution < -0.4 is 10.6 Å². The maximum Gasteiger partial charge on any atom is 0.413 e. The van der Waals surface area contributed by atoms with Crippen molar-refractivity contribution in [2.75, 3.05) is 10.6 Å². The first-order valence-electron chi connectivity index (χ1n) is 14.2. The summed E-state index contributed by atoms with van der Waals surface area (Å²) in [6, 6.07) is 22.4. The number of nitrogens with one attached hydrogen (secondary N) is 2. The summed E-state index contributed by atoms with van der Waals surface area (Å²) in [5.74, 6) is 0.788. The molecule has 0 saturated heterocycles. The molecule has 0 aliphatic carbocycles. The van der Waals surface area contributed by atoms with Crippen molar-refractivity contribution < 1.29 is 19.1 Å². The van der Waals surface area contributed by atoms with Crippen LogP contribution in [0.25, 0.3) is 22.8 Å². The Morgan fingerprint density at radius 1 is 0.558 bits per heavy atom. The van der Waals surface area contributed by atoms with Crippen LogP contribution in [0.2, 0.25) is 0 Å². The van der Waals surface area contributed by atoms with Crippen molar-refractivity contribution in [3.63, 3.8) is 0 Å². The van der Waals surface area contributed by atoms with E-state index in [1.54, 1.807) is 12.1 Å². The lowest BCUT2D eigenvalue weighted by atomic mass is 10.1. The van der Waals surface area contributed by atoms with Crippen LogP contribution in [0.15, 0.2) is 72.8 Å². The minimum atomic E-state index is -0.600. The Kier molecular flexibility index (Phi) is 9.70. The standard InChI is InChI=1S/C33H38N6O4/c1-32(2,3)42-30(40)38-28-20-10-18-26(36-28)24-16-8-14-22(34-24)12-7-13-23-15-9-17-25(35-23)27-19-11-21-29(37-27)39-31(41)43-33(4,5)6/h8-11,14-21H,7,12-13H2,1-6H3,(H,36,38,40)(H,37,39,41). The Balaban J connectivity index is 1.36. The molecule has 10 heteroatoms. The van der Waals surface area contributed by atoms with E-state index in [1.165, 1.54) is 0 Å². The highest BCUT2D eigenvalue weighted by Gasteiger charge is 2.18. The zero-order valence-corrected chi connectivity index (χ0v) is 25.5. The molecule has 4 rings (SSSR count). The number of aromatic nitrogens is 4. The average Bonchev–Trinajstić information content (AvgIpc) is 2.91. The summed E-state index contributed by atoms with van der Waals surface area (Å²) in [7, 11) is 0. The highest BCUT2D eigenvalue weighted by atomic mass is 16.6. The van der Waals surface area contributed by atoms with Crippen LogP contribution in [-0.2, 0) is 22.3 Å². The minimum Gasteiger partial charge on any atom is -0.444 e. The molecule has 0 atom stereocenters. The van der Waals surface area contributed by atoms with Gasteiger partial charge in [-0.3, -0.25) is 20.6 Å². The number of amides is 2. The van der Waals surface area contributed by atoms with Crippen LogP contribution in [-0.4, -0.2) is 43.3 Å². The van der Waals surface area contributed by atoms with Gasteiger partial charge in [0.05, 0.1) is 22.8 Å².